The van der Waals surface area contributed by atoms with Gasteiger partial charge in [0.2, 0.25) is 5.88 Å². The molecule has 1 fully saturated rings. The minimum Gasteiger partial charge on any atom is -0.474 e. The lowest BCUT2D eigenvalue weighted by Gasteiger charge is -2.21. The number of halogens is 1. The lowest BCUT2D eigenvalue weighted by Crippen LogP contribution is -2.35. The van der Waals surface area contributed by atoms with Gasteiger partial charge in [-0.1, -0.05) is 11.6 Å². The molecule has 0 radical (unpaired) electrons. The van der Waals surface area contributed by atoms with Gasteiger partial charge in [0.1, 0.15) is 6.10 Å². The first-order chi connectivity index (χ1) is 8.94. The number of hydrogen-bond donors (Lipinski definition) is 1. The second-order valence-electron chi connectivity index (χ2n) is 6.24. The first-order valence-corrected chi connectivity index (χ1v) is 7.38. The number of rotatable bonds is 4. The zero-order valence-corrected chi connectivity index (χ0v) is 12.8. The summed E-state index contributed by atoms with van der Waals surface area (Å²) < 4.78 is 5.91. The van der Waals surface area contributed by atoms with Crippen LogP contribution >= 0.6 is 11.6 Å². The molecule has 0 amide bonds. The van der Waals surface area contributed by atoms with Crippen LogP contribution in [-0.4, -0.2) is 16.6 Å². The third-order valence-corrected chi connectivity index (χ3v) is 3.65. The van der Waals surface area contributed by atoms with Crippen molar-refractivity contribution in [2.75, 3.05) is 0 Å². The number of pyridine rings is 1. The van der Waals surface area contributed by atoms with E-state index >= 15 is 0 Å². The molecular formula is C15H23ClN2O. The van der Waals surface area contributed by atoms with Crippen LogP contribution in [0.25, 0.3) is 0 Å². The number of nitrogens with one attached hydrogen (secondary N) is 1. The highest BCUT2D eigenvalue weighted by Gasteiger charge is 2.18. The minimum absolute atomic E-state index is 0.0685. The molecule has 1 heterocycles. The summed E-state index contributed by atoms with van der Waals surface area (Å²) in [7, 11) is 0. The van der Waals surface area contributed by atoms with E-state index in [1.807, 2.05) is 6.07 Å². The SMILES string of the molecule is CC(C)(C)NCc1cc(OC2CCCC2)ncc1Cl. The Morgan fingerprint density at radius 1 is 1.37 bits per heavy atom. The van der Waals surface area contributed by atoms with Gasteiger partial charge in [0.05, 0.1) is 5.02 Å². The summed E-state index contributed by atoms with van der Waals surface area (Å²) in [6.45, 7) is 7.14. The summed E-state index contributed by atoms with van der Waals surface area (Å²) in [5, 5.41) is 4.12. The maximum Gasteiger partial charge on any atom is 0.213 e. The Bertz CT molecular complexity index is 423. The van der Waals surface area contributed by atoms with E-state index in [1.54, 1.807) is 6.20 Å². The smallest absolute Gasteiger partial charge is 0.213 e. The van der Waals surface area contributed by atoms with Gasteiger partial charge in [-0.15, -0.1) is 0 Å². The molecule has 0 saturated heterocycles. The first kappa shape index (κ1) is 14.6. The summed E-state index contributed by atoms with van der Waals surface area (Å²) >= 11 is 6.18. The van der Waals surface area contributed by atoms with Crippen molar-refractivity contribution in [2.24, 2.45) is 0 Å². The Kier molecular flexibility index (Phi) is 4.69. The topological polar surface area (TPSA) is 34.1 Å². The number of ether oxygens (including phenoxy) is 1. The molecule has 0 atom stereocenters. The van der Waals surface area contributed by atoms with E-state index in [9.17, 15) is 0 Å². The fourth-order valence-corrected chi connectivity index (χ4v) is 2.37. The van der Waals surface area contributed by atoms with Crippen molar-refractivity contribution in [1.82, 2.24) is 10.3 Å². The number of aromatic nitrogens is 1. The van der Waals surface area contributed by atoms with Crippen LogP contribution in [0.5, 0.6) is 5.88 Å². The molecule has 1 aromatic heterocycles. The fourth-order valence-electron chi connectivity index (χ4n) is 2.20. The number of nitrogens with zero attached hydrogens (tertiary/aromatic N) is 1. The van der Waals surface area contributed by atoms with Crippen LogP contribution in [0, 0.1) is 0 Å². The van der Waals surface area contributed by atoms with Crippen molar-refractivity contribution >= 4 is 11.6 Å². The van der Waals surface area contributed by atoms with Gasteiger partial charge < -0.3 is 10.1 Å². The summed E-state index contributed by atoms with van der Waals surface area (Å²) in [5.41, 5.74) is 1.11. The molecule has 0 aromatic carbocycles. The van der Waals surface area contributed by atoms with Crippen molar-refractivity contribution in [2.45, 2.75) is 64.6 Å². The van der Waals surface area contributed by atoms with Crippen molar-refractivity contribution in [3.8, 4) is 5.88 Å². The van der Waals surface area contributed by atoms with E-state index in [1.165, 1.54) is 12.8 Å². The van der Waals surface area contributed by atoms with Crippen molar-refractivity contribution in [3.63, 3.8) is 0 Å². The Labute approximate surface area is 120 Å². The van der Waals surface area contributed by atoms with Crippen LogP contribution in [-0.2, 0) is 6.54 Å². The molecule has 1 aliphatic rings. The average molecular weight is 283 g/mol. The third kappa shape index (κ3) is 4.66. The van der Waals surface area contributed by atoms with Crippen molar-refractivity contribution in [3.05, 3.63) is 22.8 Å². The lowest BCUT2D eigenvalue weighted by molar-refractivity contribution is 0.201. The molecule has 3 nitrogen and oxygen atoms in total. The van der Waals surface area contributed by atoms with Crippen LogP contribution in [0.1, 0.15) is 52.0 Å². The maximum absolute atomic E-state index is 6.18. The molecule has 1 saturated carbocycles. The first-order valence-electron chi connectivity index (χ1n) is 7.00. The van der Waals surface area contributed by atoms with E-state index in [0.717, 1.165) is 24.9 Å². The second-order valence-corrected chi connectivity index (χ2v) is 6.65. The quantitative estimate of drug-likeness (QED) is 0.908. The maximum atomic E-state index is 6.18. The van der Waals surface area contributed by atoms with Gasteiger partial charge in [0.15, 0.2) is 0 Å². The Balaban J connectivity index is 2.01. The fraction of sp³-hybridized carbons (Fsp3) is 0.667. The van der Waals surface area contributed by atoms with Crippen LogP contribution in [0.4, 0.5) is 0 Å². The Morgan fingerprint density at radius 2 is 2.05 bits per heavy atom. The molecule has 1 aliphatic carbocycles. The molecule has 0 aliphatic heterocycles. The number of hydrogen-bond acceptors (Lipinski definition) is 3. The molecule has 1 N–H and O–H groups in total. The standard InChI is InChI=1S/C15H23ClN2O/c1-15(2,3)18-9-11-8-14(17-10-13(11)16)19-12-6-4-5-7-12/h8,10,12,18H,4-7,9H2,1-3H3. The van der Waals surface area contributed by atoms with Gasteiger partial charge >= 0.3 is 0 Å². The summed E-state index contributed by atoms with van der Waals surface area (Å²) in [5.74, 6) is 0.696. The molecule has 106 valence electrons. The normalized spacial score (nSPS) is 16.8. The van der Waals surface area contributed by atoms with Gasteiger partial charge in [0, 0.05) is 24.3 Å². The monoisotopic (exact) mass is 282 g/mol. The molecular weight excluding hydrogens is 260 g/mol. The van der Waals surface area contributed by atoms with Crippen LogP contribution in [0.2, 0.25) is 5.02 Å². The molecule has 0 bridgehead atoms. The van der Waals surface area contributed by atoms with E-state index in [0.29, 0.717) is 17.0 Å². The highest BCUT2D eigenvalue weighted by Crippen LogP contribution is 2.25. The zero-order valence-electron chi connectivity index (χ0n) is 12.0. The lowest BCUT2D eigenvalue weighted by atomic mass is 10.1. The minimum atomic E-state index is 0.0685. The molecule has 2 rings (SSSR count). The van der Waals surface area contributed by atoms with Crippen molar-refractivity contribution < 1.29 is 4.74 Å². The predicted octanol–water partition coefficient (Wildman–Crippen LogP) is 3.94. The second kappa shape index (κ2) is 6.10. The van der Waals surface area contributed by atoms with Crippen LogP contribution in [0.15, 0.2) is 12.3 Å². The molecule has 19 heavy (non-hydrogen) atoms. The highest BCUT2D eigenvalue weighted by molar-refractivity contribution is 6.31. The van der Waals surface area contributed by atoms with Gasteiger partial charge in [-0.3, -0.25) is 0 Å². The van der Waals surface area contributed by atoms with Crippen LogP contribution in [0.3, 0.4) is 0 Å². The molecule has 0 unspecified atom stereocenters. The third-order valence-electron chi connectivity index (χ3n) is 3.31. The average Bonchev–Trinajstić information content (AvgIpc) is 2.81. The van der Waals surface area contributed by atoms with Crippen molar-refractivity contribution in [1.29, 1.82) is 0 Å². The summed E-state index contributed by atoms with van der Waals surface area (Å²) in [6.07, 6.45) is 6.82. The zero-order chi connectivity index (χ0) is 13.9. The summed E-state index contributed by atoms with van der Waals surface area (Å²) in [4.78, 5) is 4.26. The van der Waals surface area contributed by atoms with E-state index < -0.39 is 0 Å². The Hall–Kier alpha value is -0.800. The van der Waals surface area contributed by atoms with Gasteiger partial charge in [-0.2, -0.15) is 0 Å². The highest BCUT2D eigenvalue weighted by atomic mass is 35.5. The molecule has 0 spiro atoms. The van der Waals surface area contributed by atoms with Gasteiger partial charge in [-0.05, 0) is 52.0 Å². The molecule has 1 aromatic rings. The Morgan fingerprint density at radius 3 is 2.68 bits per heavy atom. The van der Waals surface area contributed by atoms with E-state index in [2.05, 4.69) is 31.1 Å². The van der Waals surface area contributed by atoms with E-state index in [-0.39, 0.29) is 5.54 Å². The van der Waals surface area contributed by atoms with E-state index in [4.69, 9.17) is 16.3 Å². The van der Waals surface area contributed by atoms with Gasteiger partial charge in [0.25, 0.3) is 0 Å². The van der Waals surface area contributed by atoms with Gasteiger partial charge in [-0.25, -0.2) is 4.98 Å². The summed E-state index contributed by atoms with van der Waals surface area (Å²) in [6, 6.07) is 1.96. The largest absolute Gasteiger partial charge is 0.474 e. The van der Waals surface area contributed by atoms with Crippen LogP contribution < -0.4 is 10.1 Å². The predicted molar refractivity (Wildman–Crippen MR) is 78.7 cm³/mol. The molecule has 4 heteroatoms.